The summed E-state index contributed by atoms with van der Waals surface area (Å²) in [5, 5.41) is 20.9. The van der Waals surface area contributed by atoms with Gasteiger partial charge in [0.2, 0.25) is 0 Å². The summed E-state index contributed by atoms with van der Waals surface area (Å²) in [5.74, 6) is -1.98. The molecular weight excluding hydrogens is 280 g/mol. The molecule has 0 aromatic heterocycles. The number of hydrogen-bond acceptors (Lipinski definition) is 4. The first-order valence-corrected chi connectivity index (χ1v) is 7.37. The third-order valence-corrected chi connectivity index (χ3v) is 4.40. The minimum atomic E-state index is -1.38. The standard InChI is InChI=1S/C18H22O4/c1-10-5-7-13(8-6-10)16-15(11(2)19)14(21)9-18(4,22)17(16)12(3)20/h5-8,16-17,21-22H,9H2,1-4H3/t16-,17+,18+/m0/s1. The first-order valence-electron chi connectivity index (χ1n) is 7.37. The number of aryl methyl sites for hydroxylation is 1. The number of allylic oxidation sites excluding steroid dienone is 1. The molecule has 0 fully saturated rings. The van der Waals surface area contributed by atoms with Crippen LogP contribution >= 0.6 is 0 Å². The van der Waals surface area contributed by atoms with Gasteiger partial charge in [0, 0.05) is 17.9 Å². The van der Waals surface area contributed by atoms with Crippen LogP contribution in [0.4, 0.5) is 0 Å². The fourth-order valence-electron chi connectivity index (χ4n) is 3.48. The van der Waals surface area contributed by atoms with Gasteiger partial charge in [-0.2, -0.15) is 0 Å². The summed E-state index contributed by atoms with van der Waals surface area (Å²) < 4.78 is 0. The highest BCUT2D eigenvalue weighted by Gasteiger charge is 2.49. The fraction of sp³-hybridized carbons (Fsp3) is 0.444. The first kappa shape index (κ1) is 16.4. The van der Waals surface area contributed by atoms with Gasteiger partial charge in [-0.1, -0.05) is 29.8 Å². The maximum Gasteiger partial charge on any atom is 0.159 e. The topological polar surface area (TPSA) is 74.6 Å². The van der Waals surface area contributed by atoms with Crippen molar-refractivity contribution in [3.63, 3.8) is 0 Å². The summed E-state index contributed by atoms with van der Waals surface area (Å²) >= 11 is 0. The fourth-order valence-corrected chi connectivity index (χ4v) is 3.48. The highest BCUT2D eigenvalue weighted by atomic mass is 16.3. The molecule has 0 saturated heterocycles. The van der Waals surface area contributed by atoms with E-state index in [9.17, 15) is 19.8 Å². The molecule has 1 aliphatic carbocycles. The Morgan fingerprint density at radius 3 is 2.18 bits per heavy atom. The summed E-state index contributed by atoms with van der Waals surface area (Å²) in [6.45, 7) is 6.28. The molecule has 0 aliphatic heterocycles. The molecule has 118 valence electrons. The minimum absolute atomic E-state index is 0.0888. The molecule has 1 aromatic rings. The second kappa shape index (κ2) is 5.69. The van der Waals surface area contributed by atoms with Crippen molar-refractivity contribution in [1.29, 1.82) is 0 Å². The van der Waals surface area contributed by atoms with Crippen LogP contribution in [0.2, 0.25) is 0 Å². The zero-order chi connectivity index (χ0) is 16.7. The number of hydrogen-bond donors (Lipinski definition) is 2. The molecule has 0 spiro atoms. The van der Waals surface area contributed by atoms with E-state index in [4.69, 9.17) is 0 Å². The van der Waals surface area contributed by atoms with Crippen LogP contribution in [0.15, 0.2) is 35.6 Å². The van der Waals surface area contributed by atoms with Crippen LogP contribution in [0, 0.1) is 12.8 Å². The average molecular weight is 302 g/mol. The van der Waals surface area contributed by atoms with Crippen molar-refractivity contribution < 1.29 is 19.8 Å². The lowest BCUT2D eigenvalue weighted by Gasteiger charge is -2.42. The van der Waals surface area contributed by atoms with Crippen LogP contribution in [-0.2, 0) is 9.59 Å². The van der Waals surface area contributed by atoms with Crippen molar-refractivity contribution in [2.24, 2.45) is 5.92 Å². The van der Waals surface area contributed by atoms with Crippen molar-refractivity contribution >= 4 is 11.6 Å². The molecular formula is C18H22O4. The van der Waals surface area contributed by atoms with E-state index < -0.39 is 17.4 Å². The van der Waals surface area contributed by atoms with Gasteiger partial charge in [0.15, 0.2) is 5.78 Å². The molecule has 1 aromatic carbocycles. The molecule has 3 atom stereocenters. The second-order valence-corrected chi connectivity index (χ2v) is 6.43. The second-order valence-electron chi connectivity index (χ2n) is 6.43. The Labute approximate surface area is 130 Å². The smallest absolute Gasteiger partial charge is 0.159 e. The van der Waals surface area contributed by atoms with Crippen molar-refractivity contribution in [3.05, 3.63) is 46.7 Å². The summed E-state index contributed by atoms with van der Waals surface area (Å²) in [4.78, 5) is 24.2. The number of rotatable bonds is 3. The Kier molecular flexibility index (Phi) is 4.25. The number of Topliss-reactive ketones (excluding diaryl/α,β-unsaturated/α-hetero) is 2. The third-order valence-electron chi connectivity index (χ3n) is 4.40. The van der Waals surface area contributed by atoms with E-state index in [0.29, 0.717) is 0 Å². The molecule has 1 aliphatic rings. The van der Waals surface area contributed by atoms with Crippen molar-refractivity contribution in [3.8, 4) is 0 Å². The minimum Gasteiger partial charge on any atom is -0.512 e. The van der Waals surface area contributed by atoms with Gasteiger partial charge in [-0.15, -0.1) is 0 Å². The molecule has 2 N–H and O–H groups in total. The van der Waals surface area contributed by atoms with Gasteiger partial charge in [0.1, 0.15) is 11.5 Å². The average Bonchev–Trinajstić information content (AvgIpc) is 2.36. The van der Waals surface area contributed by atoms with Gasteiger partial charge in [-0.3, -0.25) is 9.59 Å². The molecule has 2 rings (SSSR count). The Morgan fingerprint density at radius 1 is 1.18 bits per heavy atom. The normalized spacial score (nSPS) is 28.6. The van der Waals surface area contributed by atoms with Crippen LogP contribution < -0.4 is 0 Å². The maximum atomic E-state index is 12.2. The molecule has 22 heavy (non-hydrogen) atoms. The van der Waals surface area contributed by atoms with Gasteiger partial charge in [-0.05, 0) is 33.3 Å². The quantitative estimate of drug-likeness (QED) is 0.900. The van der Waals surface area contributed by atoms with Crippen molar-refractivity contribution in [2.75, 3.05) is 0 Å². The number of carbonyl (C=O) groups excluding carboxylic acids is 2. The highest BCUT2D eigenvalue weighted by Crippen LogP contribution is 2.46. The summed E-state index contributed by atoms with van der Waals surface area (Å²) in [6, 6.07) is 7.47. The van der Waals surface area contributed by atoms with Gasteiger partial charge < -0.3 is 10.2 Å². The summed E-state index contributed by atoms with van der Waals surface area (Å²) in [7, 11) is 0. The van der Waals surface area contributed by atoms with E-state index >= 15 is 0 Å². The van der Waals surface area contributed by atoms with Crippen molar-refractivity contribution in [2.45, 2.75) is 45.6 Å². The van der Waals surface area contributed by atoms with Crippen molar-refractivity contribution in [1.82, 2.24) is 0 Å². The number of ketones is 2. The molecule has 0 amide bonds. The molecule has 4 heteroatoms. The summed E-state index contributed by atoms with van der Waals surface area (Å²) in [5.41, 5.74) is 0.658. The van der Waals surface area contributed by atoms with E-state index in [-0.39, 0.29) is 29.3 Å². The van der Waals surface area contributed by atoms with Crippen LogP contribution in [0.1, 0.15) is 44.2 Å². The van der Waals surface area contributed by atoms with Crippen LogP contribution in [-0.4, -0.2) is 27.4 Å². The lowest BCUT2D eigenvalue weighted by Crippen LogP contribution is -2.47. The zero-order valence-corrected chi connectivity index (χ0v) is 13.4. The van der Waals surface area contributed by atoms with Gasteiger partial charge in [0.25, 0.3) is 0 Å². The zero-order valence-electron chi connectivity index (χ0n) is 13.4. The van der Waals surface area contributed by atoms with Crippen LogP contribution in [0.5, 0.6) is 0 Å². The lowest BCUT2D eigenvalue weighted by molar-refractivity contribution is -0.132. The van der Waals surface area contributed by atoms with Gasteiger partial charge >= 0.3 is 0 Å². The highest BCUT2D eigenvalue weighted by molar-refractivity contribution is 5.97. The molecule has 0 saturated carbocycles. The van der Waals surface area contributed by atoms with Gasteiger partial charge in [0.05, 0.1) is 11.5 Å². The van der Waals surface area contributed by atoms with E-state index in [1.165, 1.54) is 20.8 Å². The Bertz CT molecular complexity index is 638. The van der Waals surface area contributed by atoms with Crippen LogP contribution in [0.3, 0.4) is 0 Å². The Morgan fingerprint density at radius 2 is 1.73 bits per heavy atom. The van der Waals surface area contributed by atoms with Crippen LogP contribution in [0.25, 0.3) is 0 Å². The Balaban J connectivity index is 2.69. The lowest BCUT2D eigenvalue weighted by atomic mass is 9.64. The largest absolute Gasteiger partial charge is 0.512 e. The predicted octanol–water partition coefficient (Wildman–Crippen LogP) is 2.84. The Hall–Kier alpha value is -1.94. The molecule has 0 heterocycles. The number of aliphatic hydroxyl groups is 2. The number of carbonyl (C=O) groups is 2. The number of benzene rings is 1. The first-order chi connectivity index (χ1) is 10.1. The summed E-state index contributed by atoms with van der Waals surface area (Å²) in [6.07, 6.45) is -0.0888. The maximum absolute atomic E-state index is 12.2. The molecule has 0 unspecified atom stereocenters. The number of aliphatic hydroxyl groups excluding tert-OH is 1. The third kappa shape index (κ3) is 2.83. The van der Waals surface area contributed by atoms with E-state index in [2.05, 4.69) is 0 Å². The molecule has 4 nitrogen and oxygen atoms in total. The van der Waals surface area contributed by atoms with E-state index in [1.54, 1.807) is 0 Å². The predicted molar refractivity (Wildman–Crippen MR) is 83.7 cm³/mol. The molecule has 0 bridgehead atoms. The van der Waals surface area contributed by atoms with E-state index in [1.807, 2.05) is 31.2 Å². The monoisotopic (exact) mass is 302 g/mol. The molecule has 0 radical (unpaired) electrons. The SMILES string of the molecule is CC(=O)C1=C(O)C[C@@](C)(O)[C@H](C(C)=O)[C@H]1c1ccc(C)cc1. The van der Waals surface area contributed by atoms with E-state index in [0.717, 1.165) is 11.1 Å². The van der Waals surface area contributed by atoms with Gasteiger partial charge in [-0.25, -0.2) is 0 Å².